The first kappa shape index (κ1) is 16.3. The van der Waals surface area contributed by atoms with E-state index in [-0.39, 0.29) is 0 Å². The van der Waals surface area contributed by atoms with E-state index in [9.17, 15) is 0 Å². The molecule has 0 bridgehead atoms. The van der Waals surface area contributed by atoms with Gasteiger partial charge in [-0.05, 0) is 51.4 Å². The predicted molar refractivity (Wildman–Crippen MR) is 87.6 cm³/mol. The fourth-order valence-electron chi connectivity index (χ4n) is 3.61. The summed E-state index contributed by atoms with van der Waals surface area (Å²) in [6.45, 7) is 5.62. The van der Waals surface area contributed by atoms with Gasteiger partial charge in [-0.3, -0.25) is 0 Å². The molecule has 0 amide bonds. The summed E-state index contributed by atoms with van der Waals surface area (Å²) in [5, 5.41) is 0. The van der Waals surface area contributed by atoms with Gasteiger partial charge in [0, 0.05) is 11.8 Å². The number of unbranched alkanes of at least 4 members (excludes halogenated alkanes) is 3. The average Bonchev–Trinajstić information content (AvgIpc) is 3.20. The van der Waals surface area contributed by atoms with Crippen LogP contribution < -0.4 is 0 Å². The monoisotopic (exact) mass is 282 g/mol. The van der Waals surface area contributed by atoms with Gasteiger partial charge < -0.3 is 8.97 Å². The van der Waals surface area contributed by atoms with E-state index in [2.05, 4.69) is 28.2 Å². The highest BCUT2D eigenvalue weighted by Crippen LogP contribution is 2.32. The van der Waals surface area contributed by atoms with Crippen molar-refractivity contribution < 1.29 is 8.97 Å². The van der Waals surface area contributed by atoms with E-state index >= 15 is 0 Å². The van der Waals surface area contributed by atoms with Crippen molar-refractivity contribution in [2.24, 2.45) is 11.8 Å². The SMILES string of the molecule is C[N+](C)(CCCCCC[N+](C)(C)CC1CC1)CC1CC1. The summed E-state index contributed by atoms with van der Waals surface area (Å²) in [4.78, 5) is 0. The second-order valence-corrected chi connectivity index (χ2v) is 8.98. The summed E-state index contributed by atoms with van der Waals surface area (Å²) >= 11 is 0. The molecule has 0 heterocycles. The summed E-state index contributed by atoms with van der Waals surface area (Å²) in [7, 11) is 9.70. The molecule has 2 fully saturated rings. The van der Waals surface area contributed by atoms with Gasteiger partial charge in [-0.1, -0.05) is 0 Å². The zero-order valence-electron chi connectivity index (χ0n) is 14.5. The van der Waals surface area contributed by atoms with Gasteiger partial charge in [0.2, 0.25) is 0 Å². The minimum Gasteiger partial charge on any atom is -0.328 e. The lowest BCUT2D eigenvalue weighted by atomic mass is 10.1. The first-order valence-corrected chi connectivity index (χ1v) is 9.00. The Morgan fingerprint density at radius 1 is 0.600 bits per heavy atom. The summed E-state index contributed by atoms with van der Waals surface area (Å²) in [6.07, 6.45) is 11.7. The molecule has 20 heavy (non-hydrogen) atoms. The van der Waals surface area contributed by atoms with Crippen molar-refractivity contribution in [1.82, 2.24) is 0 Å². The van der Waals surface area contributed by atoms with Gasteiger partial charge in [-0.25, -0.2) is 0 Å². The fraction of sp³-hybridized carbons (Fsp3) is 1.00. The van der Waals surface area contributed by atoms with Crippen LogP contribution in [-0.2, 0) is 0 Å². The van der Waals surface area contributed by atoms with E-state index < -0.39 is 0 Å². The molecule has 2 heteroatoms. The maximum Gasteiger partial charge on any atom is 0.0811 e. The van der Waals surface area contributed by atoms with Crippen LogP contribution in [0.3, 0.4) is 0 Å². The largest absolute Gasteiger partial charge is 0.328 e. The highest BCUT2D eigenvalue weighted by molar-refractivity contribution is 4.72. The van der Waals surface area contributed by atoms with Crippen molar-refractivity contribution in [1.29, 1.82) is 0 Å². The molecule has 0 aliphatic heterocycles. The van der Waals surface area contributed by atoms with Crippen molar-refractivity contribution in [3.8, 4) is 0 Å². The van der Waals surface area contributed by atoms with Crippen LogP contribution in [-0.4, -0.2) is 63.3 Å². The van der Waals surface area contributed by atoms with Gasteiger partial charge in [0.15, 0.2) is 0 Å². The summed E-state index contributed by atoms with van der Waals surface area (Å²) in [5.41, 5.74) is 0. The molecule has 2 saturated carbocycles. The average molecular weight is 283 g/mol. The van der Waals surface area contributed by atoms with Crippen LogP contribution in [0.2, 0.25) is 0 Å². The van der Waals surface area contributed by atoms with Crippen LogP contribution in [0.4, 0.5) is 0 Å². The van der Waals surface area contributed by atoms with Crippen LogP contribution in [0.15, 0.2) is 0 Å². The molecule has 2 rings (SSSR count). The number of hydrogen-bond donors (Lipinski definition) is 0. The lowest BCUT2D eigenvalue weighted by Crippen LogP contribution is -2.42. The van der Waals surface area contributed by atoms with Crippen molar-refractivity contribution in [2.75, 3.05) is 54.4 Å². The van der Waals surface area contributed by atoms with Gasteiger partial charge in [-0.2, -0.15) is 0 Å². The van der Waals surface area contributed by atoms with Crippen LogP contribution in [0.25, 0.3) is 0 Å². The van der Waals surface area contributed by atoms with E-state index in [1.807, 2.05) is 0 Å². The first-order valence-electron chi connectivity index (χ1n) is 9.00. The fourth-order valence-corrected chi connectivity index (χ4v) is 3.61. The maximum atomic E-state index is 2.42. The zero-order chi connectivity index (χ0) is 14.6. The molecule has 0 N–H and O–H groups in total. The quantitative estimate of drug-likeness (QED) is 0.402. The Bertz CT molecular complexity index is 258. The lowest BCUT2D eigenvalue weighted by molar-refractivity contribution is -0.893. The van der Waals surface area contributed by atoms with E-state index in [0.717, 1.165) is 11.8 Å². The maximum absolute atomic E-state index is 2.42. The second-order valence-electron chi connectivity index (χ2n) is 8.98. The van der Waals surface area contributed by atoms with Crippen LogP contribution in [0.1, 0.15) is 51.4 Å². The highest BCUT2D eigenvalue weighted by atomic mass is 15.3. The van der Waals surface area contributed by atoms with E-state index in [0.29, 0.717) is 0 Å². The molecule has 2 aliphatic carbocycles. The molecule has 2 aliphatic rings. The van der Waals surface area contributed by atoms with Gasteiger partial charge in [0.1, 0.15) is 0 Å². The number of rotatable bonds is 11. The third-order valence-corrected chi connectivity index (χ3v) is 5.18. The summed E-state index contributed by atoms with van der Waals surface area (Å²) < 4.78 is 2.52. The molecule has 118 valence electrons. The summed E-state index contributed by atoms with van der Waals surface area (Å²) in [6, 6.07) is 0. The Morgan fingerprint density at radius 3 is 1.25 bits per heavy atom. The van der Waals surface area contributed by atoms with Crippen molar-refractivity contribution in [3.05, 3.63) is 0 Å². The Kier molecular flexibility index (Phi) is 5.53. The molecular formula is C18H38N2+2. The Hall–Kier alpha value is -0.0800. The normalized spacial score (nSPS) is 20.4. The number of hydrogen-bond acceptors (Lipinski definition) is 0. The Balaban J connectivity index is 1.46. The first-order chi connectivity index (χ1) is 9.36. The third-order valence-electron chi connectivity index (χ3n) is 5.18. The highest BCUT2D eigenvalue weighted by Gasteiger charge is 2.30. The number of nitrogens with zero attached hydrogens (tertiary/aromatic N) is 2. The van der Waals surface area contributed by atoms with Gasteiger partial charge in [0.25, 0.3) is 0 Å². The van der Waals surface area contributed by atoms with Gasteiger partial charge >= 0.3 is 0 Å². The van der Waals surface area contributed by atoms with Crippen LogP contribution in [0, 0.1) is 11.8 Å². The second kappa shape index (κ2) is 6.79. The minimum atomic E-state index is 1.06. The topological polar surface area (TPSA) is 0 Å². The standard InChI is InChI=1S/C18H38N2/c1-19(2,15-17-9-10-17)13-7-5-6-8-14-20(3,4)16-18-11-12-18/h17-18H,5-16H2,1-4H3/q+2. The molecule has 0 aromatic heterocycles. The smallest absolute Gasteiger partial charge is 0.0811 e. The molecule has 0 aromatic carbocycles. The van der Waals surface area contributed by atoms with Crippen molar-refractivity contribution >= 4 is 0 Å². The van der Waals surface area contributed by atoms with E-state index in [1.54, 1.807) is 0 Å². The Labute approximate surface area is 127 Å². The molecule has 0 aromatic rings. The van der Waals surface area contributed by atoms with Gasteiger partial charge in [0.05, 0.1) is 54.4 Å². The third kappa shape index (κ3) is 7.08. The van der Waals surface area contributed by atoms with Crippen LogP contribution >= 0.6 is 0 Å². The van der Waals surface area contributed by atoms with Crippen LogP contribution in [0.5, 0.6) is 0 Å². The van der Waals surface area contributed by atoms with Gasteiger partial charge in [-0.15, -0.1) is 0 Å². The summed E-state index contributed by atoms with van der Waals surface area (Å²) in [5.74, 6) is 2.12. The minimum absolute atomic E-state index is 1.06. The molecule has 0 radical (unpaired) electrons. The zero-order valence-corrected chi connectivity index (χ0v) is 14.5. The Morgan fingerprint density at radius 2 is 0.950 bits per heavy atom. The van der Waals surface area contributed by atoms with Crippen molar-refractivity contribution in [3.63, 3.8) is 0 Å². The molecule has 2 nitrogen and oxygen atoms in total. The van der Waals surface area contributed by atoms with E-state index in [4.69, 9.17) is 0 Å². The lowest BCUT2D eigenvalue weighted by Gasteiger charge is -2.31. The molecule has 0 unspecified atom stereocenters. The molecule has 0 saturated heterocycles. The molecule has 0 atom stereocenters. The predicted octanol–water partition coefficient (Wildman–Crippen LogP) is 3.52. The van der Waals surface area contributed by atoms with E-state index in [1.165, 1.54) is 86.5 Å². The number of quaternary nitrogens is 2. The molecule has 0 spiro atoms. The van der Waals surface area contributed by atoms with Crippen molar-refractivity contribution in [2.45, 2.75) is 51.4 Å². The molecular weight excluding hydrogens is 244 g/mol.